The minimum atomic E-state index is -0.523. The molecule has 0 N–H and O–H groups in total. The molecule has 0 aliphatic carbocycles. The third kappa shape index (κ3) is 3.41. The Balaban J connectivity index is 1.96. The van der Waals surface area contributed by atoms with Crippen LogP contribution in [0, 0.1) is 5.95 Å². The van der Waals surface area contributed by atoms with Gasteiger partial charge in [-0.25, -0.2) is 15.0 Å². The van der Waals surface area contributed by atoms with Gasteiger partial charge in [-0.15, -0.1) is 0 Å². The van der Waals surface area contributed by atoms with Crippen LogP contribution in [0.4, 0.5) is 10.2 Å². The molecule has 2 aromatic rings. The highest BCUT2D eigenvalue weighted by molar-refractivity contribution is 8.14. The average molecular weight is 322 g/mol. The van der Waals surface area contributed by atoms with E-state index in [0.29, 0.717) is 16.9 Å². The number of hydrogen-bond donors (Lipinski definition) is 0. The number of aliphatic imine (C=N–C) groups is 1. The predicted molar refractivity (Wildman–Crippen MR) is 84.0 cm³/mol. The number of thioether (sulfide) groups is 1. The molecule has 0 bridgehead atoms. The predicted octanol–water partition coefficient (Wildman–Crippen LogP) is 4.99. The van der Waals surface area contributed by atoms with Crippen molar-refractivity contribution in [1.82, 2.24) is 9.97 Å². The van der Waals surface area contributed by atoms with Gasteiger partial charge >= 0.3 is 0 Å². The van der Waals surface area contributed by atoms with Crippen LogP contribution < -0.4 is 0 Å². The molecule has 3 heterocycles. The Morgan fingerprint density at radius 3 is 2.95 bits per heavy atom. The van der Waals surface area contributed by atoms with Crippen LogP contribution in [0.15, 0.2) is 40.4 Å². The largest absolute Gasteiger partial charge is 0.229 e. The number of nitrogens with zero attached hydrogens (tertiary/aromatic N) is 3. The van der Waals surface area contributed by atoms with E-state index in [1.165, 1.54) is 23.4 Å². The highest BCUT2D eigenvalue weighted by Crippen LogP contribution is 2.37. The summed E-state index contributed by atoms with van der Waals surface area (Å²) in [4.78, 5) is 12.6. The van der Waals surface area contributed by atoms with Crippen molar-refractivity contribution in [3.63, 3.8) is 0 Å². The quantitative estimate of drug-likeness (QED) is 0.694. The summed E-state index contributed by atoms with van der Waals surface area (Å²) in [5, 5.41) is 2.23. The van der Waals surface area contributed by atoms with Gasteiger partial charge in [0.15, 0.2) is 5.82 Å². The van der Waals surface area contributed by atoms with Crippen molar-refractivity contribution in [2.75, 3.05) is 0 Å². The zero-order valence-electron chi connectivity index (χ0n) is 11.4. The van der Waals surface area contributed by atoms with E-state index in [1.807, 2.05) is 12.1 Å². The number of hydrogen-bond acceptors (Lipinski definition) is 4. The van der Waals surface area contributed by atoms with Gasteiger partial charge in [-0.3, -0.25) is 0 Å². The molecule has 3 rings (SSSR count). The lowest BCUT2D eigenvalue weighted by molar-refractivity contribution is 0.585. The fourth-order valence-corrected chi connectivity index (χ4v) is 3.52. The van der Waals surface area contributed by atoms with E-state index in [4.69, 9.17) is 11.6 Å². The molecule has 1 unspecified atom stereocenters. The second kappa shape index (κ2) is 6.12. The van der Waals surface area contributed by atoms with Gasteiger partial charge in [0.2, 0.25) is 5.95 Å². The zero-order chi connectivity index (χ0) is 14.8. The lowest BCUT2D eigenvalue weighted by Crippen LogP contribution is -1.95. The lowest BCUT2D eigenvalue weighted by atomic mass is 9.98. The van der Waals surface area contributed by atoms with Crippen LogP contribution in [0.5, 0.6) is 0 Å². The Kier molecular flexibility index (Phi) is 4.22. The Labute approximate surface area is 131 Å². The zero-order valence-corrected chi connectivity index (χ0v) is 13.0. The molecule has 1 atom stereocenters. The van der Waals surface area contributed by atoms with E-state index in [2.05, 4.69) is 21.9 Å². The van der Waals surface area contributed by atoms with E-state index in [9.17, 15) is 4.39 Å². The summed E-state index contributed by atoms with van der Waals surface area (Å²) >= 11 is 7.47. The SMILES string of the molecule is CC1CCC(=Nc2cccc(F)n2)Sc2nc(Cl)ccc21. The van der Waals surface area contributed by atoms with Crippen molar-refractivity contribution in [2.24, 2.45) is 4.99 Å². The van der Waals surface area contributed by atoms with Crippen molar-refractivity contribution in [2.45, 2.75) is 30.7 Å². The van der Waals surface area contributed by atoms with Gasteiger partial charge in [-0.2, -0.15) is 4.39 Å². The van der Waals surface area contributed by atoms with Crippen LogP contribution in [-0.4, -0.2) is 15.0 Å². The molecule has 21 heavy (non-hydrogen) atoms. The van der Waals surface area contributed by atoms with Gasteiger partial charge in [0.05, 0.1) is 5.04 Å². The lowest BCUT2D eigenvalue weighted by Gasteiger charge is -2.09. The number of halogens is 2. The standard InChI is InChI=1S/C15H13ClFN3S/c1-9-5-8-14(20-13-4-2-3-12(17)19-13)21-15-10(9)6-7-11(16)18-15/h2-4,6-7,9H,5,8H2,1H3. The first-order valence-corrected chi connectivity index (χ1v) is 7.85. The van der Waals surface area contributed by atoms with E-state index >= 15 is 0 Å². The van der Waals surface area contributed by atoms with Crippen LogP contribution in [0.3, 0.4) is 0 Å². The fourth-order valence-electron chi connectivity index (χ4n) is 2.21. The fraction of sp³-hybridized carbons (Fsp3) is 0.267. The average Bonchev–Trinajstić information content (AvgIpc) is 2.58. The second-order valence-corrected chi connectivity index (χ2v) is 6.34. The van der Waals surface area contributed by atoms with Crippen molar-refractivity contribution in [3.05, 3.63) is 47.0 Å². The van der Waals surface area contributed by atoms with E-state index in [1.54, 1.807) is 12.1 Å². The third-order valence-electron chi connectivity index (χ3n) is 3.33. The Hall–Kier alpha value is -1.46. The smallest absolute Gasteiger partial charge is 0.214 e. The maximum Gasteiger partial charge on any atom is 0.214 e. The topological polar surface area (TPSA) is 38.1 Å². The van der Waals surface area contributed by atoms with Crippen LogP contribution in [0.2, 0.25) is 5.15 Å². The van der Waals surface area contributed by atoms with Crippen LogP contribution in [-0.2, 0) is 0 Å². The Bertz CT molecular complexity index is 705. The van der Waals surface area contributed by atoms with Crippen molar-refractivity contribution in [3.8, 4) is 0 Å². The highest BCUT2D eigenvalue weighted by atomic mass is 35.5. The summed E-state index contributed by atoms with van der Waals surface area (Å²) < 4.78 is 13.1. The Morgan fingerprint density at radius 1 is 1.29 bits per heavy atom. The summed E-state index contributed by atoms with van der Waals surface area (Å²) in [6, 6.07) is 8.44. The number of aromatic nitrogens is 2. The highest BCUT2D eigenvalue weighted by Gasteiger charge is 2.20. The first-order valence-electron chi connectivity index (χ1n) is 6.66. The molecule has 1 aliphatic heterocycles. The van der Waals surface area contributed by atoms with Crippen LogP contribution >= 0.6 is 23.4 Å². The Morgan fingerprint density at radius 2 is 2.14 bits per heavy atom. The summed E-state index contributed by atoms with van der Waals surface area (Å²) in [7, 11) is 0. The molecule has 0 fully saturated rings. The van der Waals surface area contributed by atoms with Crippen molar-refractivity contribution < 1.29 is 4.39 Å². The molecule has 6 heteroatoms. The first-order chi connectivity index (χ1) is 10.1. The third-order valence-corrected chi connectivity index (χ3v) is 4.59. The normalized spacial score (nSPS) is 20.1. The molecule has 0 aromatic carbocycles. The molecule has 1 aliphatic rings. The van der Waals surface area contributed by atoms with E-state index in [0.717, 1.165) is 22.9 Å². The number of rotatable bonds is 1. The molecule has 0 saturated heterocycles. The van der Waals surface area contributed by atoms with Gasteiger partial charge in [0, 0.05) is 0 Å². The minimum absolute atomic E-state index is 0.385. The monoisotopic (exact) mass is 321 g/mol. The number of fused-ring (bicyclic) bond motifs is 1. The molecular weight excluding hydrogens is 309 g/mol. The maximum absolute atomic E-state index is 13.1. The molecular formula is C15H13ClFN3S. The summed E-state index contributed by atoms with van der Waals surface area (Å²) in [5.74, 6) is 0.256. The second-order valence-electron chi connectivity index (χ2n) is 4.89. The number of pyridine rings is 2. The molecule has 108 valence electrons. The van der Waals surface area contributed by atoms with Gasteiger partial charge in [0.25, 0.3) is 0 Å². The van der Waals surface area contributed by atoms with Crippen LogP contribution in [0.25, 0.3) is 0 Å². The molecule has 3 nitrogen and oxygen atoms in total. The van der Waals surface area contributed by atoms with Crippen molar-refractivity contribution in [1.29, 1.82) is 0 Å². The van der Waals surface area contributed by atoms with E-state index < -0.39 is 5.95 Å². The van der Waals surface area contributed by atoms with Gasteiger partial charge in [0.1, 0.15) is 10.2 Å². The molecule has 0 saturated carbocycles. The molecule has 2 aromatic heterocycles. The van der Waals surface area contributed by atoms with Gasteiger partial charge in [-0.1, -0.05) is 42.4 Å². The van der Waals surface area contributed by atoms with E-state index in [-0.39, 0.29) is 0 Å². The van der Waals surface area contributed by atoms with Crippen LogP contribution in [0.1, 0.15) is 31.2 Å². The van der Waals surface area contributed by atoms with Gasteiger partial charge in [-0.05, 0) is 42.5 Å². The summed E-state index contributed by atoms with van der Waals surface area (Å²) in [5.41, 5.74) is 1.18. The van der Waals surface area contributed by atoms with Gasteiger partial charge < -0.3 is 0 Å². The molecule has 0 radical (unpaired) electrons. The minimum Gasteiger partial charge on any atom is -0.229 e. The van der Waals surface area contributed by atoms with Crippen molar-refractivity contribution >= 4 is 34.2 Å². The first kappa shape index (κ1) is 14.5. The summed E-state index contributed by atoms with van der Waals surface area (Å²) in [6.07, 6.45) is 1.79. The summed E-state index contributed by atoms with van der Waals surface area (Å²) in [6.45, 7) is 2.17. The molecule has 0 spiro atoms. The molecule has 0 amide bonds. The maximum atomic E-state index is 13.1.